The molecule has 0 saturated heterocycles. The van der Waals surface area contributed by atoms with Crippen LogP contribution in [0.15, 0.2) is 36.4 Å². The normalized spacial score (nSPS) is 10.4. The Bertz CT molecular complexity index is 465. The minimum atomic E-state index is -0.237. The van der Waals surface area contributed by atoms with Crippen LogP contribution < -0.4 is 11.1 Å². The molecule has 0 bridgehead atoms. The number of benzene rings is 1. The predicted molar refractivity (Wildman–Crippen MR) is 62.4 cm³/mol. The van der Waals surface area contributed by atoms with Crippen molar-refractivity contribution < 1.29 is 4.39 Å². The van der Waals surface area contributed by atoms with Gasteiger partial charge in [-0.3, -0.25) is 0 Å². The molecular formula is C12H14FN3. The Morgan fingerprint density at radius 1 is 1.19 bits per heavy atom. The molecule has 0 saturated carbocycles. The zero-order chi connectivity index (χ0) is 11.4. The van der Waals surface area contributed by atoms with Gasteiger partial charge in [-0.25, -0.2) is 4.39 Å². The molecule has 1 aromatic heterocycles. The standard InChI is InChI=1S/C12H14FN3/c13-9-2-1-3-10(6-9)15-8-12-5-4-11(7-14)16-12/h1-6,15-16H,7-8,14H2. The van der Waals surface area contributed by atoms with Gasteiger partial charge in [0.2, 0.25) is 0 Å². The Balaban J connectivity index is 1.96. The summed E-state index contributed by atoms with van der Waals surface area (Å²) < 4.78 is 12.9. The van der Waals surface area contributed by atoms with E-state index in [2.05, 4.69) is 10.3 Å². The molecule has 0 aliphatic carbocycles. The highest BCUT2D eigenvalue weighted by Gasteiger charge is 1.98. The Morgan fingerprint density at radius 2 is 2.00 bits per heavy atom. The molecule has 0 amide bonds. The molecule has 0 spiro atoms. The van der Waals surface area contributed by atoms with Crippen LogP contribution in [-0.2, 0) is 13.1 Å². The van der Waals surface area contributed by atoms with Crippen molar-refractivity contribution in [2.45, 2.75) is 13.1 Å². The molecule has 16 heavy (non-hydrogen) atoms. The third-order valence-electron chi connectivity index (χ3n) is 2.33. The molecule has 0 aliphatic heterocycles. The first-order valence-electron chi connectivity index (χ1n) is 5.14. The van der Waals surface area contributed by atoms with E-state index in [1.807, 2.05) is 18.2 Å². The maximum absolute atomic E-state index is 12.9. The van der Waals surface area contributed by atoms with E-state index in [0.29, 0.717) is 13.1 Å². The van der Waals surface area contributed by atoms with Crippen LogP contribution >= 0.6 is 0 Å². The Kier molecular flexibility index (Phi) is 3.22. The Hall–Kier alpha value is -1.81. The fraction of sp³-hybridized carbons (Fsp3) is 0.167. The minimum Gasteiger partial charge on any atom is -0.379 e. The summed E-state index contributed by atoms with van der Waals surface area (Å²) in [6.45, 7) is 1.13. The van der Waals surface area contributed by atoms with Gasteiger partial charge in [-0.15, -0.1) is 0 Å². The smallest absolute Gasteiger partial charge is 0.125 e. The van der Waals surface area contributed by atoms with Crippen molar-refractivity contribution in [2.75, 3.05) is 5.32 Å². The largest absolute Gasteiger partial charge is 0.379 e. The second-order valence-corrected chi connectivity index (χ2v) is 3.58. The van der Waals surface area contributed by atoms with Crippen LogP contribution in [0.3, 0.4) is 0 Å². The van der Waals surface area contributed by atoms with E-state index in [1.165, 1.54) is 12.1 Å². The van der Waals surface area contributed by atoms with Crippen molar-refractivity contribution in [3.05, 3.63) is 53.6 Å². The summed E-state index contributed by atoms with van der Waals surface area (Å²) in [5, 5.41) is 3.13. The van der Waals surface area contributed by atoms with Gasteiger partial charge in [-0.2, -0.15) is 0 Å². The molecule has 3 nitrogen and oxygen atoms in total. The molecule has 84 valence electrons. The number of rotatable bonds is 4. The summed E-state index contributed by atoms with van der Waals surface area (Å²) in [6, 6.07) is 10.3. The lowest BCUT2D eigenvalue weighted by Crippen LogP contribution is -2.01. The van der Waals surface area contributed by atoms with Gasteiger partial charge in [0.1, 0.15) is 5.82 Å². The molecule has 1 heterocycles. The number of halogens is 1. The lowest BCUT2D eigenvalue weighted by Gasteiger charge is -2.04. The van der Waals surface area contributed by atoms with Crippen molar-refractivity contribution in [1.29, 1.82) is 0 Å². The highest BCUT2D eigenvalue weighted by molar-refractivity contribution is 5.43. The van der Waals surface area contributed by atoms with Gasteiger partial charge >= 0.3 is 0 Å². The summed E-state index contributed by atoms with van der Waals surface area (Å²) in [5.74, 6) is -0.237. The van der Waals surface area contributed by atoms with Crippen molar-refractivity contribution in [2.24, 2.45) is 5.73 Å². The third kappa shape index (κ3) is 2.61. The number of H-pyrrole nitrogens is 1. The van der Waals surface area contributed by atoms with E-state index in [4.69, 9.17) is 5.73 Å². The first-order chi connectivity index (χ1) is 7.78. The Morgan fingerprint density at radius 3 is 2.69 bits per heavy atom. The molecule has 1 aromatic carbocycles. The summed E-state index contributed by atoms with van der Waals surface area (Å²) in [4.78, 5) is 3.17. The first-order valence-corrected chi connectivity index (χ1v) is 5.14. The Labute approximate surface area is 93.5 Å². The van der Waals surface area contributed by atoms with Gasteiger partial charge in [0.15, 0.2) is 0 Å². The van der Waals surface area contributed by atoms with Crippen molar-refractivity contribution in [3.8, 4) is 0 Å². The van der Waals surface area contributed by atoms with Gasteiger partial charge in [-0.1, -0.05) is 6.07 Å². The fourth-order valence-corrected chi connectivity index (χ4v) is 1.51. The van der Waals surface area contributed by atoms with Gasteiger partial charge in [0.25, 0.3) is 0 Å². The highest BCUT2D eigenvalue weighted by Crippen LogP contribution is 2.10. The average molecular weight is 219 g/mol. The summed E-state index contributed by atoms with van der Waals surface area (Å²) in [5.41, 5.74) is 8.29. The second-order valence-electron chi connectivity index (χ2n) is 3.58. The van der Waals surface area contributed by atoms with Crippen molar-refractivity contribution in [3.63, 3.8) is 0 Å². The van der Waals surface area contributed by atoms with Crippen LogP contribution in [0.5, 0.6) is 0 Å². The molecular weight excluding hydrogens is 205 g/mol. The van der Waals surface area contributed by atoms with E-state index in [-0.39, 0.29) is 5.82 Å². The number of nitrogens with one attached hydrogen (secondary N) is 2. The summed E-state index contributed by atoms with van der Waals surface area (Å²) >= 11 is 0. The molecule has 4 N–H and O–H groups in total. The molecule has 0 atom stereocenters. The number of aromatic amines is 1. The maximum Gasteiger partial charge on any atom is 0.125 e. The second kappa shape index (κ2) is 4.81. The topological polar surface area (TPSA) is 53.8 Å². The average Bonchev–Trinajstić information content (AvgIpc) is 2.74. The third-order valence-corrected chi connectivity index (χ3v) is 2.33. The zero-order valence-corrected chi connectivity index (χ0v) is 8.83. The SMILES string of the molecule is NCc1ccc(CNc2cccc(F)c2)[nH]1. The lowest BCUT2D eigenvalue weighted by molar-refractivity contribution is 0.628. The van der Waals surface area contributed by atoms with Gasteiger partial charge in [-0.05, 0) is 30.3 Å². The van der Waals surface area contributed by atoms with Crippen LogP contribution in [0.1, 0.15) is 11.4 Å². The van der Waals surface area contributed by atoms with Crippen LogP contribution in [0.25, 0.3) is 0 Å². The molecule has 0 unspecified atom stereocenters. The minimum absolute atomic E-state index is 0.237. The molecule has 2 aromatic rings. The fourth-order valence-electron chi connectivity index (χ4n) is 1.51. The van der Waals surface area contributed by atoms with Gasteiger partial charge in [0.05, 0.1) is 6.54 Å². The molecule has 0 aliphatic rings. The van der Waals surface area contributed by atoms with Crippen molar-refractivity contribution >= 4 is 5.69 Å². The zero-order valence-electron chi connectivity index (χ0n) is 8.83. The van der Waals surface area contributed by atoms with Crippen LogP contribution in [0.2, 0.25) is 0 Å². The molecule has 2 rings (SSSR count). The first kappa shape index (κ1) is 10.7. The van der Waals surface area contributed by atoms with E-state index >= 15 is 0 Å². The lowest BCUT2D eigenvalue weighted by atomic mass is 10.3. The van der Waals surface area contributed by atoms with E-state index in [0.717, 1.165) is 17.1 Å². The number of hydrogen-bond acceptors (Lipinski definition) is 2. The van der Waals surface area contributed by atoms with E-state index in [9.17, 15) is 4.39 Å². The maximum atomic E-state index is 12.9. The predicted octanol–water partition coefficient (Wildman–Crippen LogP) is 2.22. The number of aromatic nitrogens is 1. The van der Waals surface area contributed by atoms with Gasteiger partial charge < -0.3 is 16.0 Å². The van der Waals surface area contributed by atoms with Gasteiger partial charge in [0, 0.05) is 23.6 Å². The monoisotopic (exact) mass is 219 g/mol. The summed E-state index contributed by atoms with van der Waals surface area (Å²) in [7, 11) is 0. The molecule has 4 heteroatoms. The van der Waals surface area contributed by atoms with E-state index < -0.39 is 0 Å². The molecule has 0 fully saturated rings. The number of anilines is 1. The quantitative estimate of drug-likeness (QED) is 0.738. The van der Waals surface area contributed by atoms with Crippen LogP contribution in [0.4, 0.5) is 10.1 Å². The highest BCUT2D eigenvalue weighted by atomic mass is 19.1. The number of hydrogen-bond donors (Lipinski definition) is 3. The van der Waals surface area contributed by atoms with E-state index in [1.54, 1.807) is 6.07 Å². The number of nitrogens with two attached hydrogens (primary N) is 1. The van der Waals surface area contributed by atoms with Crippen LogP contribution in [-0.4, -0.2) is 4.98 Å². The molecule has 0 radical (unpaired) electrons. The van der Waals surface area contributed by atoms with Crippen LogP contribution in [0, 0.1) is 5.82 Å². The van der Waals surface area contributed by atoms with Crippen molar-refractivity contribution in [1.82, 2.24) is 4.98 Å². The summed E-state index contributed by atoms with van der Waals surface area (Å²) in [6.07, 6.45) is 0.